The Morgan fingerprint density at radius 3 is 2.86 bits per heavy atom. The van der Waals surface area contributed by atoms with Crippen molar-refractivity contribution in [2.75, 3.05) is 6.54 Å². The SMILES string of the molecule is CCCCN=c1scc(C)n1N=Cc1ccc(O)cc1O. The summed E-state index contributed by atoms with van der Waals surface area (Å²) in [6.45, 7) is 4.88. The predicted molar refractivity (Wildman–Crippen MR) is 85.1 cm³/mol. The van der Waals surface area contributed by atoms with Crippen molar-refractivity contribution in [3.8, 4) is 11.5 Å². The van der Waals surface area contributed by atoms with Crippen LogP contribution in [0.5, 0.6) is 11.5 Å². The van der Waals surface area contributed by atoms with E-state index < -0.39 is 0 Å². The fraction of sp³-hybridized carbons (Fsp3) is 0.333. The number of thiazole rings is 1. The van der Waals surface area contributed by atoms with Crippen molar-refractivity contribution in [3.63, 3.8) is 0 Å². The number of unbranched alkanes of at least 4 members (excludes halogenated alkanes) is 1. The molecule has 0 saturated carbocycles. The Morgan fingerprint density at radius 2 is 2.14 bits per heavy atom. The summed E-state index contributed by atoms with van der Waals surface area (Å²) in [5.74, 6) is 0.0241. The fourth-order valence-corrected chi connectivity index (χ4v) is 2.56. The maximum Gasteiger partial charge on any atom is 0.205 e. The lowest BCUT2D eigenvalue weighted by atomic mass is 10.2. The van der Waals surface area contributed by atoms with Crippen molar-refractivity contribution >= 4 is 17.6 Å². The standard InChI is InChI=1S/C15H19N3O2S/c1-3-4-7-16-15-18(11(2)10-21-15)17-9-12-5-6-13(19)8-14(12)20/h5-6,8-10,19-20H,3-4,7H2,1-2H3. The highest BCUT2D eigenvalue weighted by Gasteiger charge is 2.01. The normalized spacial score (nSPS) is 12.4. The Labute approximate surface area is 127 Å². The van der Waals surface area contributed by atoms with Gasteiger partial charge in [0.15, 0.2) is 0 Å². The maximum absolute atomic E-state index is 9.75. The Bertz CT molecular complexity index is 701. The van der Waals surface area contributed by atoms with E-state index >= 15 is 0 Å². The molecule has 0 aliphatic heterocycles. The van der Waals surface area contributed by atoms with E-state index in [2.05, 4.69) is 17.0 Å². The predicted octanol–water partition coefficient (Wildman–Crippen LogP) is 2.85. The molecule has 0 unspecified atom stereocenters. The van der Waals surface area contributed by atoms with Crippen LogP contribution in [0.15, 0.2) is 33.7 Å². The number of aromatic nitrogens is 1. The molecule has 0 saturated heterocycles. The van der Waals surface area contributed by atoms with Crippen LogP contribution >= 0.6 is 11.3 Å². The van der Waals surface area contributed by atoms with E-state index in [0.717, 1.165) is 29.9 Å². The Balaban J connectivity index is 2.28. The second kappa shape index (κ2) is 7.08. The fourth-order valence-electron chi connectivity index (χ4n) is 1.73. The smallest absolute Gasteiger partial charge is 0.205 e. The first-order valence-electron chi connectivity index (χ1n) is 6.85. The summed E-state index contributed by atoms with van der Waals surface area (Å²) in [5.41, 5.74) is 1.54. The van der Waals surface area contributed by atoms with Crippen molar-refractivity contribution in [2.24, 2.45) is 10.1 Å². The van der Waals surface area contributed by atoms with E-state index in [1.54, 1.807) is 28.3 Å². The van der Waals surface area contributed by atoms with Crippen LogP contribution in [0.4, 0.5) is 0 Å². The molecule has 0 amide bonds. The summed E-state index contributed by atoms with van der Waals surface area (Å²) in [4.78, 5) is 5.37. The number of hydrogen-bond acceptors (Lipinski definition) is 5. The second-order valence-corrected chi connectivity index (χ2v) is 5.53. The molecular formula is C15H19N3O2S. The molecule has 1 heterocycles. The van der Waals surface area contributed by atoms with Crippen LogP contribution < -0.4 is 4.80 Å². The number of aryl methyl sites for hydroxylation is 1. The summed E-state index contributed by atoms with van der Waals surface area (Å²) in [5, 5.41) is 25.4. The number of rotatable bonds is 5. The van der Waals surface area contributed by atoms with Crippen LogP contribution in [-0.2, 0) is 0 Å². The zero-order valence-corrected chi connectivity index (χ0v) is 13.0. The van der Waals surface area contributed by atoms with E-state index in [1.807, 2.05) is 12.3 Å². The lowest BCUT2D eigenvalue weighted by molar-refractivity contribution is 0.450. The lowest BCUT2D eigenvalue weighted by Gasteiger charge is -2.01. The topological polar surface area (TPSA) is 70.1 Å². The van der Waals surface area contributed by atoms with Crippen LogP contribution in [-0.4, -0.2) is 27.6 Å². The van der Waals surface area contributed by atoms with Gasteiger partial charge in [0.05, 0.1) is 11.9 Å². The quantitative estimate of drug-likeness (QED) is 0.658. The Hall–Kier alpha value is -2.08. The maximum atomic E-state index is 9.75. The number of benzene rings is 1. The van der Waals surface area contributed by atoms with Crippen molar-refractivity contribution in [1.82, 2.24) is 4.68 Å². The van der Waals surface area contributed by atoms with Crippen molar-refractivity contribution < 1.29 is 10.2 Å². The third-order valence-electron chi connectivity index (χ3n) is 2.94. The van der Waals surface area contributed by atoms with Gasteiger partial charge in [-0.1, -0.05) is 13.3 Å². The molecule has 0 atom stereocenters. The highest BCUT2D eigenvalue weighted by molar-refractivity contribution is 7.07. The molecule has 0 fully saturated rings. The van der Waals surface area contributed by atoms with Gasteiger partial charge in [-0.15, -0.1) is 11.3 Å². The number of hydrogen-bond donors (Lipinski definition) is 2. The first-order chi connectivity index (χ1) is 10.1. The van der Waals surface area contributed by atoms with Gasteiger partial charge < -0.3 is 10.2 Å². The third kappa shape index (κ3) is 3.95. The molecule has 2 N–H and O–H groups in total. The van der Waals surface area contributed by atoms with Crippen molar-refractivity contribution in [3.05, 3.63) is 39.6 Å². The van der Waals surface area contributed by atoms with E-state index in [0.29, 0.717) is 5.56 Å². The average molecular weight is 305 g/mol. The molecule has 0 aliphatic carbocycles. The monoisotopic (exact) mass is 305 g/mol. The molecule has 0 aliphatic rings. The first kappa shape index (κ1) is 15.3. The Kier molecular flexibility index (Phi) is 5.16. The number of nitrogens with zero attached hydrogens (tertiary/aromatic N) is 3. The lowest BCUT2D eigenvalue weighted by Crippen LogP contribution is -2.12. The summed E-state index contributed by atoms with van der Waals surface area (Å²) < 4.78 is 1.76. The molecule has 1 aromatic heterocycles. The van der Waals surface area contributed by atoms with Crippen LogP contribution in [0.25, 0.3) is 0 Å². The van der Waals surface area contributed by atoms with Crippen LogP contribution in [0, 0.1) is 6.92 Å². The molecule has 6 heteroatoms. The summed E-state index contributed by atoms with van der Waals surface area (Å²) >= 11 is 1.55. The van der Waals surface area contributed by atoms with Gasteiger partial charge in [0.2, 0.25) is 4.80 Å². The van der Waals surface area contributed by atoms with E-state index in [1.165, 1.54) is 12.1 Å². The van der Waals surface area contributed by atoms with Gasteiger partial charge in [-0.25, -0.2) is 4.68 Å². The van der Waals surface area contributed by atoms with E-state index in [4.69, 9.17) is 0 Å². The minimum Gasteiger partial charge on any atom is -0.508 e. The minimum atomic E-state index is -0.00305. The van der Waals surface area contributed by atoms with Gasteiger partial charge in [0.25, 0.3) is 0 Å². The molecule has 112 valence electrons. The third-order valence-corrected chi connectivity index (χ3v) is 3.91. The van der Waals surface area contributed by atoms with Gasteiger partial charge in [0.1, 0.15) is 11.5 Å². The average Bonchev–Trinajstić information content (AvgIpc) is 2.79. The minimum absolute atomic E-state index is 0.00305. The van der Waals surface area contributed by atoms with Gasteiger partial charge in [-0.05, 0) is 25.5 Å². The molecule has 2 aromatic rings. The van der Waals surface area contributed by atoms with Crippen molar-refractivity contribution in [1.29, 1.82) is 0 Å². The molecular weight excluding hydrogens is 286 g/mol. The van der Waals surface area contributed by atoms with Gasteiger partial charge in [-0.3, -0.25) is 4.99 Å². The molecule has 0 bridgehead atoms. The van der Waals surface area contributed by atoms with Gasteiger partial charge in [-0.2, -0.15) is 5.10 Å². The zero-order chi connectivity index (χ0) is 15.2. The van der Waals surface area contributed by atoms with Crippen LogP contribution in [0.1, 0.15) is 31.0 Å². The molecule has 2 rings (SSSR count). The number of phenols is 2. The van der Waals surface area contributed by atoms with Crippen LogP contribution in [0.2, 0.25) is 0 Å². The first-order valence-corrected chi connectivity index (χ1v) is 7.73. The number of phenolic OH excluding ortho intramolecular Hbond substituents is 2. The summed E-state index contributed by atoms with van der Waals surface area (Å²) in [6.07, 6.45) is 3.73. The second-order valence-electron chi connectivity index (χ2n) is 4.69. The number of aromatic hydroxyl groups is 2. The Morgan fingerprint density at radius 1 is 1.33 bits per heavy atom. The zero-order valence-electron chi connectivity index (χ0n) is 12.2. The summed E-state index contributed by atoms with van der Waals surface area (Å²) in [7, 11) is 0. The molecule has 1 aromatic carbocycles. The molecule has 0 spiro atoms. The largest absolute Gasteiger partial charge is 0.508 e. The van der Waals surface area contributed by atoms with Crippen molar-refractivity contribution in [2.45, 2.75) is 26.7 Å². The van der Waals surface area contributed by atoms with Gasteiger partial charge >= 0.3 is 0 Å². The highest BCUT2D eigenvalue weighted by atomic mass is 32.1. The molecule has 21 heavy (non-hydrogen) atoms. The highest BCUT2D eigenvalue weighted by Crippen LogP contribution is 2.20. The van der Waals surface area contributed by atoms with Crippen LogP contribution in [0.3, 0.4) is 0 Å². The van der Waals surface area contributed by atoms with Gasteiger partial charge in [0, 0.05) is 23.6 Å². The molecule has 0 radical (unpaired) electrons. The van der Waals surface area contributed by atoms with E-state index in [-0.39, 0.29) is 11.5 Å². The molecule has 5 nitrogen and oxygen atoms in total. The van der Waals surface area contributed by atoms with E-state index in [9.17, 15) is 10.2 Å². The summed E-state index contributed by atoms with van der Waals surface area (Å²) in [6, 6.07) is 4.42.